The van der Waals surface area contributed by atoms with Crippen molar-refractivity contribution in [1.82, 2.24) is 5.32 Å². The molecule has 0 amide bonds. The van der Waals surface area contributed by atoms with E-state index in [1.54, 1.807) is 11.8 Å². The van der Waals surface area contributed by atoms with Crippen LogP contribution in [0.15, 0.2) is 47.4 Å². The third kappa shape index (κ3) is 5.08. The highest BCUT2D eigenvalue weighted by Crippen LogP contribution is 2.28. The van der Waals surface area contributed by atoms with Crippen LogP contribution in [0.5, 0.6) is 0 Å². The highest BCUT2D eigenvalue weighted by molar-refractivity contribution is 7.99. The van der Waals surface area contributed by atoms with Gasteiger partial charge in [-0.25, -0.2) is 0 Å². The maximum atomic E-state index is 6.18. The summed E-state index contributed by atoms with van der Waals surface area (Å²) in [4.78, 5) is 1.11. The van der Waals surface area contributed by atoms with Gasteiger partial charge in [-0.15, -0.1) is 11.8 Å². The lowest BCUT2D eigenvalue weighted by atomic mass is 10.1. The standard InChI is InChI=1S/C16H16Cl3NS/c1-20-12(8-11-6-7-13(17)15(19)9-11)10-21-16-5-3-2-4-14(16)18/h2-7,9,12,20H,8,10H2,1H3. The molecule has 2 aromatic rings. The van der Waals surface area contributed by atoms with Crippen LogP contribution in [0.25, 0.3) is 0 Å². The number of thioether (sulfide) groups is 1. The molecule has 1 nitrogen and oxygen atoms in total. The number of halogens is 3. The molecule has 21 heavy (non-hydrogen) atoms. The third-order valence-electron chi connectivity index (χ3n) is 3.15. The largest absolute Gasteiger partial charge is 0.316 e. The van der Waals surface area contributed by atoms with Gasteiger partial charge in [0.05, 0.1) is 15.1 Å². The van der Waals surface area contributed by atoms with Crippen molar-refractivity contribution in [1.29, 1.82) is 0 Å². The van der Waals surface area contributed by atoms with Gasteiger partial charge in [0.15, 0.2) is 0 Å². The molecule has 0 aliphatic carbocycles. The van der Waals surface area contributed by atoms with Gasteiger partial charge in [-0.3, -0.25) is 0 Å². The number of hydrogen-bond donors (Lipinski definition) is 1. The van der Waals surface area contributed by atoms with Gasteiger partial charge in [0.25, 0.3) is 0 Å². The van der Waals surface area contributed by atoms with E-state index in [2.05, 4.69) is 5.32 Å². The first-order chi connectivity index (χ1) is 10.1. The summed E-state index contributed by atoms with van der Waals surface area (Å²) < 4.78 is 0. The van der Waals surface area contributed by atoms with Gasteiger partial charge in [0.1, 0.15) is 0 Å². The second-order valence-corrected chi connectivity index (χ2v) is 6.96. The molecule has 2 rings (SSSR count). The predicted molar refractivity (Wildman–Crippen MR) is 95.2 cm³/mol. The summed E-state index contributed by atoms with van der Waals surface area (Å²) in [5.41, 5.74) is 1.17. The minimum absolute atomic E-state index is 0.337. The zero-order chi connectivity index (χ0) is 15.2. The lowest BCUT2D eigenvalue weighted by Crippen LogP contribution is -2.30. The SMILES string of the molecule is CNC(CSc1ccccc1Cl)Cc1ccc(Cl)c(Cl)c1. The molecule has 5 heteroatoms. The second-order valence-electron chi connectivity index (χ2n) is 4.68. The van der Waals surface area contributed by atoms with Crippen molar-refractivity contribution in [3.05, 3.63) is 63.1 Å². The van der Waals surface area contributed by atoms with E-state index in [1.807, 2.05) is 49.5 Å². The fourth-order valence-electron chi connectivity index (χ4n) is 1.95. The van der Waals surface area contributed by atoms with Crippen molar-refractivity contribution in [3.63, 3.8) is 0 Å². The minimum atomic E-state index is 0.337. The van der Waals surface area contributed by atoms with Gasteiger partial charge < -0.3 is 5.32 Å². The molecule has 112 valence electrons. The summed E-state index contributed by atoms with van der Waals surface area (Å²) in [5, 5.41) is 5.32. The molecular weight excluding hydrogens is 345 g/mol. The van der Waals surface area contributed by atoms with Crippen LogP contribution in [0.2, 0.25) is 15.1 Å². The minimum Gasteiger partial charge on any atom is -0.316 e. The topological polar surface area (TPSA) is 12.0 Å². The van der Waals surface area contributed by atoms with Crippen LogP contribution in [-0.2, 0) is 6.42 Å². The van der Waals surface area contributed by atoms with E-state index >= 15 is 0 Å². The molecule has 0 spiro atoms. The fraction of sp³-hybridized carbons (Fsp3) is 0.250. The lowest BCUT2D eigenvalue weighted by Gasteiger charge is -2.16. The van der Waals surface area contributed by atoms with Gasteiger partial charge in [-0.05, 0) is 43.3 Å². The van der Waals surface area contributed by atoms with Crippen molar-refractivity contribution < 1.29 is 0 Å². The van der Waals surface area contributed by atoms with Gasteiger partial charge in [0.2, 0.25) is 0 Å². The highest BCUT2D eigenvalue weighted by atomic mass is 35.5. The van der Waals surface area contributed by atoms with E-state index in [1.165, 1.54) is 5.56 Å². The Kier molecular flexibility index (Phi) is 6.72. The Balaban J connectivity index is 1.97. The van der Waals surface area contributed by atoms with Crippen LogP contribution in [-0.4, -0.2) is 18.8 Å². The summed E-state index contributed by atoms with van der Waals surface area (Å²) in [6.45, 7) is 0. The Labute approximate surface area is 145 Å². The molecule has 0 saturated carbocycles. The van der Waals surface area contributed by atoms with Crippen LogP contribution >= 0.6 is 46.6 Å². The Hall–Kier alpha value is -0.380. The van der Waals surface area contributed by atoms with E-state index in [0.29, 0.717) is 16.1 Å². The van der Waals surface area contributed by atoms with Crippen molar-refractivity contribution in [2.24, 2.45) is 0 Å². The Morgan fingerprint density at radius 3 is 2.43 bits per heavy atom. The van der Waals surface area contributed by atoms with Crippen LogP contribution in [0.3, 0.4) is 0 Å². The molecule has 0 fully saturated rings. The number of likely N-dealkylation sites (N-methyl/N-ethyl adjacent to an activating group) is 1. The summed E-state index contributed by atoms with van der Waals surface area (Å²) in [7, 11) is 1.97. The number of nitrogens with one attached hydrogen (secondary N) is 1. The monoisotopic (exact) mass is 359 g/mol. The summed E-state index contributed by atoms with van der Waals surface area (Å²) >= 11 is 19.9. The summed E-state index contributed by atoms with van der Waals surface area (Å²) in [6, 6.07) is 14.0. The maximum absolute atomic E-state index is 6.18. The second kappa shape index (κ2) is 8.30. The van der Waals surface area contributed by atoms with Crippen LogP contribution in [0.1, 0.15) is 5.56 Å². The molecule has 1 unspecified atom stereocenters. The summed E-state index contributed by atoms with van der Waals surface area (Å²) in [5.74, 6) is 0.931. The van der Waals surface area contributed by atoms with Gasteiger partial charge in [-0.1, -0.05) is 53.0 Å². The number of rotatable bonds is 6. The molecule has 1 atom stereocenters. The van der Waals surface area contributed by atoms with Crippen molar-refractivity contribution in [3.8, 4) is 0 Å². The molecule has 2 aromatic carbocycles. The first kappa shape index (κ1) is 17.0. The number of hydrogen-bond acceptors (Lipinski definition) is 2. The molecule has 0 heterocycles. The zero-order valence-corrected chi connectivity index (χ0v) is 14.7. The third-order valence-corrected chi connectivity index (χ3v) is 5.57. The smallest absolute Gasteiger partial charge is 0.0595 e. The summed E-state index contributed by atoms with van der Waals surface area (Å²) in [6.07, 6.45) is 0.894. The Morgan fingerprint density at radius 1 is 1.00 bits per heavy atom. The van der Waals surface area contributed by atoms with Gasteiger partial charge in [0, 0.05) is 16.7 Å². The molecule has 0 aliphatic heterocycles. The van der Waals surface area contributed by atoms with E-state index in [4.69, 9.17) is 34.8 Å². The molecule has 0 bridgehead atoms. The molecule has 0 aliphatic rings. The zero-order valence-electron chi connectivity index (χ0n) is 11.6. The van der Waals surface area contributed by atoms with Crippen molar-refractivity contribution in [2.45, 2.75) is 17.4 Å². The molecular formula is C16H16Cl3NS. The highest BCUT2D eigenvalue weighted by Gasteiger charge is 2.10. The average Bonchev–Trinajstić information content (AvgIpc) is 2.48. The first-order valence-corrected chi connectivity index (χ1v) is 8.70. The van der Waals surface area contributed by atoms with E-state index in [9.17, 15) is 0 Å². The quantitative estimate of drug-likeness (QED) is 0.676. The Morgan fingerprint density at radius 2 is 1.76 bits per heavy atom. The normalized spacial score (nSPS) is 12.4. The van der Waals surface area contributed by atoms with Gasteiger partial charge >= 0.3 is 0 Å². The van der Waals surface area contributed by atoms with Crippen LogP contribution in [0.4, 0.5) is 0 Å². The van der Waals surface area contributed by atoms with Crippen molar-refractivity contribution >= 4 is 46.6 Å². The number of benzene rings is 2. The first-order valence-electron chi connectivity index (χ1n) is 6.58. The van der Waals surface area contributed by atoms with E-state index in [0.717, 1.165) is 22.1 Å². The van der Waals surface area contributed by atoms with E-state index in [-0.39, 0.29) is 0 Å². The van der Waals surface area contributed by atoms with Crippen molar-refractivity contribution in [2.75, 3.05) is 12.8 Å². The van der Waals surface area contributed by atoms with Gasteiger partial charge in [-0.2, -0.15) is 0 Å². The lowest BCUT2D eigenvalue weighted by molar-refractivity contribution is 0.617. The van der Waals surface area contributed by atoms with Crippen LogP contribution < -0.4 is 5.32 Å². The average molecular weight is 361 g/mol. The molecule has 0 aromatic heterocycles. The molecule has 0 radical (unpaired) electrons. The van der Waals surface area contributed by atoms with E-state index < -0.39 is 0 Å². The molecule has 0 saturated heterocycles. The fourth-order valence-corrected chi connectivity index (χ4v) is 3.61. The Bertz CT molecular complexity index is 604. The van der Waals surface area contributed by atoms with Crippen LogP contribution in [0, 0.1) is 0 Å². The maximum Gasteiger partial charge on any atom is 0.0595 e. The molecule has 1 N–H and O–H groups in total. The predicted octanol–water partition coefficient (Wildman–Crippen LogP) is 5.57.